The smallest absolute Gasteiger partial charge is 0.227 e. The van der Waals surface area contributed by atoms with Gasteiger partial charge in [-0.3, -0.25) is 4.79 Å². The summed E-state index contributed by atoms with van der Waals surface area (Å²) in [5.74, 6) is -0.353. The lowest BCUT2D eigenvalue weighted by molar-refractivity contribution is -0.119. The van der Waals surface area contributed by atoms with Crippen LogP contribution in [0.1, 0.15) is 18.9 Å². The molecule has 0 bridgehead atoms. The fourth-order valence-electron chi connectivity index (χ4n) is 1.39. The SMILES string of the molecule is Cc1c(Cl)cccc1NC(=O)C(C)CC(N)=S. The van der Waals surface area contributed by atoms with Gasteiger partial charge in [-0.25, -0.2) is 0 Å². The molecule has 1 rings (SSSR count). The number of nitrogens with two attached hydrogens (primary N) is 1. The lowest BCUT2D eigenvalue weighted by Gasteiger charge is -2.13. The van der Waals surface area contributed by atoms with Crippen LogP contribution >= 0.6 is 23.8 Å². The number of carbonyl (C=O) groups is 1. The van der Waals surface area contributed by atoms with E-state index < -0.39 is 0 Å². The molecule has 3 nitrogen and oxygen atoms in total. The van der Waals surface area contributed by atoms with Gasteiger partial charge < -0.3 is 11.1 Å². The number of thiocarbonyl (C=S) groups is 1. The summed E-state index contributed by atoms with van der Waals surface area (Å²) in [6, 6.07) is 5.39. The van der Waals surface area contributed by atoms with Gasteiger partial charge in [0.2, 0.25) is 5.91 Å². The molecule has 0 aliphatic rings. The van der Waals surface area contributed by atoms with Crippen molar-refractivity contribution in [3.05, 3.63) is 28.8 Å². The van der Waals surface area contributed by atoms with E-state index in [2.05, 4.69) is 5.32 Å². The Morgan fingerprint density at radius 2 is 2.24 bits per heavy atom. The van der Waals surface area contributed by atoms with Crippen molar-refractivity contribution >= 4 is 40.4 Å². The molecular formula is C12H15ClN2OS. The summed E-state index contributed by atoms with van der Waals surface area (Å²) in [6.45, 7) is 3.64. The standard InChI is InChI=1S/C12H15ClN2OS/c1-7(6-11(14)17)12(16)15-10-5-3-4-9(13)8(10)2/h3-5,7H,6H2,1-2H3,(H2,14,17)(H,15,16). The van der Waals surface area contributed by atoms with Gasteiger partial charge in [0.1, 0.15) is 0 Å². The zero-order valence-electron chi connectivity index (χ0n) is 9.79. The van der Waals surface area contributed by atoms with Crippen LogP contribution in [0.3, 0.4) is 0 Å². The number of nitrogens with one attached hydrogen (secondary N) is 1. The molecule has 0 spiro atoms. The second kappa shape index (κ2) is 5.98. The molecule has 0 heterocycles. The Labute approximate surface area is 111 Å². The minimum Gasteiger partial charge on any atom is -0.393 e. The summed E-state index contributed by atoms with van der Waals surface area (Å²) in [5, 5.41) is 3.45. The first-order valence-electron chi connectivity index (χ1n) is 5.26. The highest BCUT2D eigenvalue weighted by Crippen LogP contribution is 2.23. The monoisotopic (exact) mass is 270 g/mol. The number of hydrogen-bond donors (Lipinski definition) is 2. The van der Waals surface area contributed by atoms with Crippen LogP contribution < -0.4 is 11.1 Å². The van der Waals surface area contributed by atoms with Crippen LogP contribution in [-0.2, 0) is 4.79 Å². The molecular weight excluding hydrogens is 256 g/mol. The van der Waals surface area contributed by atoms with Gasteiger partial charge in [-0.1, -0.05) is 36.8 Å². The van der Waals surface area contributed by atoms with Gasteiger partial charge in [0.15, 0.2) is 0 Å². The van der Waals surface area contributed by atoms with Gasteiger partial charge >= 0.3 is 0 Å². The van der Waals surface area contributed by atoms with E-state index in [1.54, 1.807) is 19.1 Å². The zero-order chi connectivity index (χ0) is 13.0. The first-order chi connectivity index (χ1) is 7.91. The first-order valence-corrected chi connectivity index (χ1v) is 6.04. The quantitative estimate of drug-likeness (QED) is 0.827. The summed E-state index contributed by atoms with van der Waals surface area (Å²) < 4.78 is 0. The van der Waals surface area contributed by atoms with E-state index in [9.17, 15) is 4.79 Å². The van der Waals surface area contributed by atoms with E-state index in [0.29, 0.717) is 16.4 Å². The number of carbonyl (C=O) groups excluding carboxylic acids is 1. The van der Waals surface area contributed by atoms with Crippen LogP contribution in [0.2, 0.25) is 5.02 Å². The van der Waals surface area contributed by atoms with Crippen molar-refractivity contribution in [1.29, 1.82) is 0 Å². The predicted octanol–water partition coefficient (Wildman–Crippen LogP) is 2.90. The summed E-state index contributed by atoms with van der Waals surface area (Å²) in [4.78, 5) is 12.2. The Kier molecular flexibility index (Phi) is 4.90. The molecule has 17 heavy (non-hydrogen) atoms. The van der Waals surface area contributed by atoms with Gasteiger partial charge in [-0.15, -0.1) is 0 Å². The maximum atomic E-state index is 11.8. The number of benzene rings is 1. The van der Waals surface area contributed by atoms with Crippen molar-refractivity contribution in [2.75, 3.05) is 5.32 Å². The highest BCUT2D eigenvalue weighted by Gasteiger charge is 2.15. The molecule has 1 atom stereocenters. The Hall–Kier alpha value is -1.13. The third-order valence-corrected chi connectivity index (χ3v) is 3.06. The van der Waals surface area contributed by atoms with Gasteiger partial charge in [-0.2, -0.15) is 0 Å². The van der Waals surface area contributed by atoms with Crippen LogP contribution in [0.4, 0.5) is 5.69 Å². The molecule has 1 unspecified atom stereocenters. The van der Waals surface area contributed by atoms with Crippen LogP contribution in [0.15, 0.2) is 18.2 Å². The summed E-state index contributed by atoms with van der Waals surface area (Å²) in [6.07, 6.45) is 0.404. The minimum atomic E-state index is -0.245. The molecule has 1 amide bonds. The number of rotatable bonds is 4. The number of halogens is 1. The van der Waals surface area contributed by atoms with E-state index in [0.717, 1.165) is 11.3 Å². The third kappa shape index (κ3) is 3.98. The third-order valence-electron chi connectivity index (χ3n) is 2.48. The zero-order valence-corrected chi connectivity index (χ0v) is 11.4. The number of anilines is 1. The molecule has 3 N–H and O–H groups in total. The van der Waals surface area contributed by atoms with Crippen LogP contribution in [0.25, 0.3) is 0 Å². The van der Waals surface area contributed by atoms with E-state index in [-0.39, 0.29) is 11.8 Å². The fraction of sp³-hybridized carbons (Fsp3) is 0.333. The molecule has 0 aliphatic heterocycles. The average Bonchev–Trinajstić information content (AvgIpc) is 2.23. The van der Waals surface area contributed by atoms with E-state index in [1.165, 1.54) is 0 Å². The molecule has 0 saturated carbocycles. The molecule has 5 heteroatoms. The largest absolute Gasteiger partial charge is 0.393 e. The predicted molar refractivity (Wildman–Crippen MR) is 75.4 cm³/mol. The van der Waals surface area contributed by atoms with Crippen molar-refractivity contribution < 1.29 is 4.79 Å². The Morgan fingerprint density at radius 1 is 1.59 bits per heavy atom. The van der Waals surface area contributed by atoms with E-state index in [4.69, 9.17) is 29.6 Å². The van der Waals surface area contributed by atoms with Crippen molar-refractivity contribution in [2.24, 2.45) is 11.7 Å². The summed E-state index contributed by atoms with van der Waals surface area (Å²) in [5.41, 5.74) is 6.98. The second-order valence-electron chi connectivity index (χ2n) is 3.97. The van der Waals surface area contributed by atoms with Crippen LogP contribution in [0, 0.1) is 12.8 Å². The molecule has 92 valence electrons. The molecule has 0 aliphatic carbocycles. The van der Waals surface area contributed by atoms with Crippen molar-refractivity contribution in [1.82, 2.24) is 0 Å². The topological polar surface area (TPSA) is 55.1 Å². The van der Waals surface area contributed by atoms with E-state index in [1.807, 2.05) is 13.0 Å². The van der Waals surface area contributed by atoms with Crippen molar-refractivity contribution in [3.8, 4) is 0 Å². The number of amides is 1. The molecule has 0 saturated heterocycles. The molecule has 1 aromatic carbocycles. The molecule has 0 radical (unpaired) electrons. The normalized spacial score (nSPS) is 11.9. The summed E-state index contributed by atoms with van der Waals surface area (Å²) >= 11 is 10.7. The highest BCUT2D eigenvalue weighted by molar-refractivity contribution is 7.80. The van der Waals surface area contributed by atoms with Gasteiger partial charge in [0.25, 0.3) is 0 Å². The lowest BCUT2D eigenvalue weighted by Crippen LogP contribution is -2.25. The molecule has 0 aromatic heterocycles. The maximum Gasteiger partial charge on any atom is 0.227 e. The van der Waals surface area contributed by atoms with Gasteiger partial charge in [-0.05, 0) is 24.6 Å². The fourth-order valence-corrected chi connectivity index (χ4v) is 1.82. The first kappa shape index (κ1) is 13.9. The van der Waals surface area contributed by atoms with Crippen LogP contribution in [-0.4, -0.2) is 10.9 Å². The molecule has 1 aromatic rings. The highest BCUT2D eigenvalue weighted by atomic mass is 35.5. The second-order valence-corrected chi connectivity index (χ2v) is 4.90. The average molecular weight is 271 g/mol. The van der Waals surface area contributed by atoms with Crippen molar-refractivity contribution in [3.63, 3.8) is 0 Å². The van der Waals surface area contributed by atoms with Gasteiger partial charge in [0, 0.05) is 23.0 Å². The van der Waals surface area contributed by atoms with Crippen molar-refractivity contribution in [2.45, 2.75) is 20.3 Å². The molecule has 0 fully saturated rings. The Morgan fingerprint density at radius 3 is 2.82 bits per heavy atom. The summed E-state index contributed by atoms with van der Waals surface area (Å²) in [7, 11) is 0. The van der Waals surface area contributed by atoms with Gasteiger partial charge in [0.05, 0.1) is 4.99 Å². The Bertz CT molecular complexity index is 448. The van der Waals surface area contributed by atoms with Crippen LogP contribution in [0.5, 0.6) is 0 Å². The Balaban J connectivity index is 2.74. The number of hydrogen-bond acceptors (Lipinski definition) is 2. The van der Waals surface area contributed by atoms with E-state index >= 15 is 0 Å². The minimum absolute atomic E-state index is 0.108. The lowest BCUT2D eigenvalue weighted by atomic mass is 10.1. The maximum absolute atomic E-state index is 11.8.